The van der Waals surface area contributed by atoms with Gasteiger partial charge in [0.1, 0.15) is 16.7 Å². The SMILES string of the molecule is CCCCOC(=O)C(Cc1c[nH]c2ccccc12)NC(=O)c1csc(C(C)N)n1. The summed E-state index contributed by atoms with van der Waals surface area (Å²) in [5.74, 6) is -0.856. The molecule has 1 aromatic carbocycles. The van der Waals surface area contributed by atoms with Crippen LogP contribution in [0.1, 0.15) is 53.8 Å². The van der Waals surface area contributed by atoms with Gasteiger partial charge in [-0.2, -0.15) is 0 Å². The summed E-state index contributed by atoms with van der Waals surface area (Å²) in [5, 5.41) is 6.13. The van der Waals surface area contributed by atoms with Crippen LogP contribution in [-0.4, -0.2) is 34.5 Å². The number of carbonyl (C=O) groups is 2. The zero-order valence-electron chi connectivity index (χ0n) is 16.6. The number of para-hydroxylation sites is 1. The number of hydrogen-bond acceptors (Lipinski definition) is 6. The monoisotopic (exact) mass is 414 g/mol. The van der Waals surface area contributed by atoms with Crippen LogP contribution in [0.15, 0.2) is 35.8 Å². The van der Waals surface area contributed by atoms with Gasteiger partial charge in [0.25, 0.3) is 5.91 Å². The topological polar surface area (TPSA) is 110 Å². The van der Waals surface area contributed by atoms with Gasteiger partial charge in [0.05, 0.1) is 12.6 Å². The maximum absolute atomic E-state index is 12.7. The van der Waals surface area contributed by atoms with E-state index in [9.17, 15) is 9.59 Å². The van der Waals surface area contributed by atoms with Crippen molar-refractivity contribution < 1.29 is 14.3 Å². The highest BCUT2D eigenvalue weighted by atomic mass is 32.1. The highest BCUT2D eigenvalue weighted by molar-refractivity contribution is 7.09. The van der Waals surface area contributed by atoms with Gasteiger partial charge in [-0.05, 0) is 25.0 Å². The summed E-state index contributed by atoms with van der Waals surface area (Å²) >= 11 is 1.33. The number of aromatic nitrogens is 2. The van der Waals surface area contributed by atoms with Crippen molar-refractivity contribution in [1.82, 2.24) is 15.3 Å². The standard InChI is InChI=1S/C21H26N4O3S/c1-3-4-9-28-21(27)17(10-14-11-23-16-8-6-5-7-15(14)16)24-19(26)18-12-29-20(25-18)13(2)22/h5-8,11-13,17,23H,3-4,9-10,22H2,1-2H3,(H,24,26). The van der Waals surface area contributed by atoms with Gasteiger partial charge in [-0.1, -0.05) is 31.5 Å². The van der Waals surface area contributed by atoms with Crippen LogP contribution in [-0.2, 0) is 16.0 Å². The first-order chi connectivity index (χ1) is 14.0. The van der Waals surface area contributed by atoms with Crippen LogP contribution in [0.25, 0.3) is 10.9 Å². The van der Waals surface area contributed by atoms with Gasteiger partial charge in [-0.3, -0.25) is 4.79 Å². The number of amides is 1. The maximum Gasteiger partial charge on any atom is 0.328 e. The van der Waals surface area contributed by atoms with Crippen molar-refractivity contribution >= 4 is 34.1 Å². The van der Waals surface area contributed by atoms with Crippen LogP contribution in [0.4, 0.5) is 0 Å². The van der Waals surface area contributed by atoms with E-state index in [2.05, 4.69) is 15.3 Å². The number of nitrogens with two attached hydrogens (primary N) is 1. The lowest BCUT2D eigenvalue weighted by Crippen LogP contribution is -2.43. The summed E-state index contributed by atoms with van der Waals surface area (Å²) in [7, 11) is 0. The molecule has 0 saturated carbocycles. The third kappa shape index (κ3) is 5.21. The summed E-state index contributed by atoms with van der Waals surface area (Å²) in [4.78, 5) is 32.8. The van der Waals surface area contributed by atoms with Gasteiger partial charge < -0.3 is 20.8 Å². The average molecular weight is 415 g/mol. The third-order valence-electron chi connectivity index (χ3n) is 4.58. The van der Waals surface area contributed by atoms with Gasteiger partial charge in [0.2, 0.25) is 0 Å². The smallest absolute Gasteiger partial charge is 0.328 e. The van der Waals surface area contributed by atoms with Crippen LogP contribution in [0.3, 0.4) is 0 Å². The Balaban J connectivity index is 1.78. The van der Waals surface area contributed by atoms with Crippen LogP contribution in [0.2, 0.25) is 0 Å². The number of H-pyrrole nitrogens is 1. The summed E-state index contributed by atoms with van der Waals surface area (Å²) < 4.78 is 5.38. The Bertz CT molecular complexity index is 979. The van der Waals surface area contributed by atoms with E-state index in [-0.39, 0.29) is 11.7 Å². The molecule has 1 amide bonds. The quantitative estimate of drug-likeness (QED) is 0.367. The summed E-state index contributed by atoms with van der Waals surface area (Å²) in [6.45, 7) is 4.17. The number of hydrogen-bond donors (Lipinski definition) is 3. The second kappa shape index (κ2) is 9.67. The van der Waals surface area contributed by atoms with Crippen molar-refractivity contribution in [3.05, 3.63) is 52.1 Å². The van der Waals surface area contributed by atoms with E-state index in [0.29, 0.717) is 18.0 Å². The van der Waals surface area contributed by atoms with Gasteiger partial charge in [0.15, 0.2) is 0 Å². The number of nitrogens with one attached hydrogen (secondary N) is 2. The number of thiazole rings is 1. The fourth-order valence-corrected chi connectivity index (χ4v) is 3.72. The van der Waals surface area contributed by atoms with E-state index in [1.807, 2.05) is 44.3 Å². The minimum absolute atomic E-state index is 0.248. The Hall–Kier alpha value is -2.71. The fourth-order valence-electron chi connectivity index (χ4n) is 2.96. The number of aromatic amines is 1. The second-order valence-corrected chi connectivity index (χ2v) is 7.86. The lowest BCUT2D eigenvalue weighted by atomic mass is 10.0. The largest absolute Gasteiger partial charge is 0.464 e. The molecule has 0 fully saturated rings. The molecule has 0 aliphatic rings. The molecule has 0 aliphatic heterocycles. The molecule has 2 aromatic heterocycles. The molecule has 2 atom stereocenters. The Morgan fingerprint density at radius 2 is 2.14 bits per heavy atom. The molecule has 154 valence electrons. The predicted octanol–water partition coefficient (Wildman–Crippen LogP) is 3.33. The summed E-state index contributed by atoms with van der Waals surface area (Å²) in [5.41, 5.74) is 8.00. The Morgan fingerprint density at radius 1 is 1.34 bits per heavy atom. The van der Waals surface area contributed by atoms with Crippen molar-refractivity contribution in [2.75, 3.05) is 6.61 Å². The zero-order valence-corrected chi connectivity index (χ0v) is 17.4. The Kier molecular flexibility index (Phi) is 7.00. The second-order valence-electron chi connectivity index (χ2n) is 6.97. The fraction of sp³-hybridized carbons (Fsp3) is 0.381. The first kappa shape index (κ1) is 21.0. The van der Waals surface area contributed by atoms with Crippen LogP contribution in [0.5, 0.6) is 0 Å². The van der Waals surface area contributed by atoms with E-state index in [1.165, 1.54) is 11.3 Å². The first-order valence-electron chi connectivity index (χ1n) is 9.73. The normalized spacial score (nSPS) is 13.2. The molecular formula is C21H26N4O3S. The zero-order chi connectivity index (χ0) is 20.8. The molecule has 3 aromatic rings. The van der Waals surface area contributed by atoms with Crippen LogP contribution in [0, 0.1) is 0 Å². The number of unbranched alkanes of at least 4 members (excludes halogenated alkanes) is 1. The number of fused-ring (bicyclic) bond motifs is 1. The number of carbonyl (C=O) groups excluding carboxylic acids is 2. The van der Waals surface area contributed by atoms with Crippen LogP contribution >= 0.6 is 11.3 Å². The highest BCUT2D eigenvalue weighted by Gasteiger charge is 2.25. The predicted molar refractivity (Wildman–Crippen MR) is 114 cm³/mol. The molecule has 4 N–H and O–H groups in total. The molecule has 2 heterocycles. The minimum atomic E-state index is -0.806. The lowest BCUT2D eigenvalue weighted by Gasteiger charge is -2.17. The number of ether oxygens (including phenoxy) is 1. The average Bonchev–Trinajstić information content (AvgIpc) is 3.35. The molecular weight excluding hydrogens is 388 g/mol. The van der Waals surface area contributed by atoms with E-state index >= 15 is 0 Å². The molecule has 8 heteroatoms. The van der Waals surface area contributed by atoms with Crippen molar-refractivity contribution in [2.24, 2.45) is 5.73 Å². The maximum atomic E-state index is 12.7. The van der Waals surface area contributed by atoms with E-state index in [0.717, 1.165) is 29.3 Å². The van der Waals surface area contributed by atoms with Crippen molar-refractivity contribution in [2.45, 2.75) is 45.2 Å². The van der Waals surface area contributed by atoms with Crippen molar-refractivity contribution in [3.63, 3.8) is 0 Å². The van der Waals surface area contributed by atoms with Crippen LogP contribution < -0.4 is 11.1 Å². The van der Waals surface area contributed by atoms with Gasteiger partial charge in [-0.15, -0.1) is 11.3 Å². The van der Waals surface area contributed by atoms with E-state index in [4.69, 9.17) is 10.5 Å². The molecule has 0 spiro atoms. The molecule has 0 bridgehead atoms. The summed E-state index contributed by atoms with van der Waals surface area (Å²) in [6, 6.07) is 6.78. The van der Waals surface area contributed by atoms with Gasteiger partial charge >= 0.3 is 5.97 Å². The molecule has 29 heavy (non-hydrogen) atoms. The minimum Gasteiger partial charge on any atom is -0.464 e. The van der Waals surface area contributed by atoms with Crippen molar-refractivity contribution in [1.29, 1.82) is 0 Å². The molecule has 0 radical (unpaired) electrons. The number of rotatable bonds is 9. The molecule has 0 aliphatic carbocycles. The van der Waals surface area contributed by atoms with E-state index < -0.39 is 17.9 Å². The lowest BCUT2D eigenvalue weighted by molar-refractivity contribution is -0.146. The molecule has 3 rings (SSSR count). The summed E-state index contributed by atoms with van der Waals surface area (Å²) in [6.07, 6.45) is 3.89. The first-order valence-corrected chi connectivity index (χ1v) is 10.6. The molecule has 0 saturated heterocycles. The van der Waals surface area contributed by atoms with Crippen molar-refractivity contribution in [3.8, 4) is 0 Å². The van der Waals surface area contributed by atoms with E-state index in [1.54, 1.807) is 5.38 Å². The number of esters is 1. The van der Waals surface area contributed by atoms with Gasteiger partial charge in [0, 0.05) is 28.9 Å². The highest BCUT2D eigenvalue weighted by Crippen LogP contribution is 2.20. The Morgan fingerprint density at radius 3 is 2.86 bits per heavy atom. The third-order valence-corrected chi connectivity index (χ3v) is 5.62. The number of benzene rings is 1. The molecule has 2 unspecified atom stereocenters. The van der Waals surface area contributed by atoms with Gasteiger partial charge in [-0.25, -0.2) is 9.78 Å². The Labute approximate surface area is 173 Å². The number of nitrogens with zero attached hydrogens (tertiary/aromatic N) is 1. The molecule has 7 nitrogen and oxygen atoms in total.